The number of aromatic nitrogens is 2. The van der Waals surface area contributed by atoms with Crippen molar-refractivity contribution in [2.75, 3.05) is 12.3 Å². The summed E-state index contributed by atoms with van der Waals surface area (Å²) in [5.41, 5.74) is 6.72. The van der Waals surface area contributed by atoms with Gasteiger partial charge in [0.15, 0.2) is 0 Å². The highest BCUT2D eigenvalue weighted by atomic mass is 19.4. The van der Waals surface area contributed by atoms with Crippen LogP contribution in [-0.2, 0) is 10.9 Å². The number of hydrogen-bond donors (Lipinski definition) is 1. The van der Waals surface area contributed by atoms with Gasteiger partial charge in [0.1, 0.15) is 0 Å². The maximum absolute atomic E-state index is 13.3. The summed E-state index contributed by atoms with van der Waals surface area (Å²) in [6.45, 7) is 2.33. The van der Waals surface area contributed by atoms with Crippen LogP contribution in [0.25, 0.3) is 11.0 Å². The first kappa shape index (κ1) is 14.2. The second-order valence-electron chi connectivity index (χ2n) is 5.34. The van der Waals surface area contributed by atoms with Gasteiger partial charge in [0.25, 0.3) is 0 Å². The zero-order valence-electron chi connectivity index (χ0n) is 11.5. The molecule has 0 bridgehead atoms. The third-order valence-corrected chi connectivity index (χ3v) is 3.88. The van der Waals surface area contributed by atoms with Gasteiger partial charge in [-0.15, -0.1) is 0 Å². The molecule has 4 nitrogen and oxygen atoms in total. The highest BCUT2D eigenvalue weighted by Crippen LogP contribution is 2.36. The lowest BCUT2D eigenvalue weighted by molar-refractivity contribution is -0.148. The molecule has 0 aliphatic carbocycles. The van der Waals surface area contributed by atoms with Gasteiger partial charge in [-0.2, -0.15) is 13.2 Å². The summed E-state index contributed by atoms with van der Waals surface area (Å²) >= 11 is 0. The molecule has 2 heterocycles. The largest absolute Gasteiger partial charge is 0.449 e. The fourth-order valence-electron chi connectivity index (χ4n) is 2.88. The van der Waals surface area contributed by atoms with E-state index in [0.29, 0.717) is 17.8 Å². The van der Waals surface area contributed by atoms with Crippen LogP contribution >= 0.6 is 0 Å². The van der Waals surface area contributed by atoms with Crippen LogP contribution in [0.3, 0.4) is 0 Å². The van der Waals surface area contributed by atoms with Crippen molar-refractivity contribution in [3.63, 3.8) is 0 Å². The number of nitrogens with zero attached hydrogens (tertiary/aromatic N) is 2. The Hall–Kier alpha value is -1.76. The van der Waals surface area contributed by atoms with E-state index < -0.39 is 18.0 Å². The molecule has 1 saturated heterocycles. The fraction of sp³-hybridized carbons (Fsp3) is 0.500. The van der Waals surface area contributed by atoms with Crippen LogP contribution in [0.4, 0.5) is 18.9 Å². The average molecular weight is 299 g/mol. The second kappa shape index (κ2) is 4.91. The first-order valence-electron chi connectivity index (χ1n) is 6.84. The van der Waals surface area contributed by atoms with Gasteiger partial charge in [0.2, 0.25) is 5.82 Å². The normalized spacial score (nSPS) is 21.0. The zero-order valence-corrected chi connectivity index (χ0v) is 11.5. The number of fused-ring (bicyclic) bond motifs is 1. The molecule has 1 aromatic carbocycles. The minimum atomic E-state index is -4.51. The highest BCUT2D eigenvalue weighted by Gasteiger charge is 2.40. The molecular weight excluding hydrogens is 283 g/mol. The number of halogens is 3. The Balaban J connectivity index is 2.17. The van der Waals surface area contributed by atoms with E-state index in [9.17, 15) is 13.2 Å². The molecule has 1 aliphatic rings. The summed E-state index contributed by atoms with van der Waals surface area (Å²) < 4.78 is 46.6. The smallest absolute Gasteiger partial charge is 0.399 e. The van der Waals surface area contributed by atoms with E-state index in [-0.39, 0.29) is 11.6 Å². The molecule has 0 amide bonds. The van der Waals surface area contributed by atoms with Gasteiger partial charge < -0.3 is 15.0 Å². The highest BCUT2D eigenvalue weighted by molar-refractivity contribution is 5.80. The predicted molar refractivity (Wildman–Crippen MR) is 72.8 cm³/mol. The van der Waals surface area contributed by atoms with Crippen molar-refractivity contribution < 1.29 is 17.9 Å². The van der Waals surface area contributed by atoms with E-state index in [2.05, 4.69) is 4.98 Å². The van der Waals surface area contributed by atoms with Crippen molar-refractivity contribution in [1.82, 2.24) is 9.55 Å². The summed E-state index contributed by atoms with van der Waals surface area (Å²) in [6.07, 6.45) is -3.11. The van der Waals surface area contributed by atoms with Crippen LogP contribution in [-0.4, -0.2) is 22.3 Å². The molecule has 21 heavy (non-hydrogen) atoms. The molecule has 1 fully saturated rings. The Kier molecular flexibility index (Phi) is 3.32. The predicted octanol–water partition coefficient (Wildman–Crippen LogP) is 3.38. The Morgan fingerprint density at radius 2 is 2.19 bits per heavy atom. The van der Waals surface area contributed by atoms with Gasteiger partial charge in [-0.25, -0.2) is 4.98 Å². The van der Waals surface area contributed by atoms with Gasteiger partial charge in [-0.1, -0.05) is 0 Å². The van der Waals surface area contributed by atoms with Crippen molar-refractivity contribution in [2.24, 2.45) is 0 Å². The Morgan fingerprint density at radius 1 is 1.43 bits per heavy atom. The molecule has 2 aromatic rings. The lowest BCUT2D eigenvalue weighted by Gasteiger charge is -2.23. The maximum Gasteiger partial charge on any atom is 0.449 e. The minimum absolute atomic E-state index is 0.221. The number of ether oxygens (including phenoxy) is 1. The number of nitrogens with two attached hydrogens (primary N) is 1. The van der Waals surface area contributed by atoms with Crippen LogP contribution in [0, 0.1) is 0 Å². The molecule has 7 heteroatoms. The summed E-state index contributed by atoms with van der Waals surface area (Å²) in [7, 11) is 0. The standard InChI is InChI=1S/C14H16F3N3O/c1-8(12-3-2-6-21-12)20-11-5-4-9(18)7-10(11)19-13(20)14(15,16)17/h4-5,7-8,12H,2-3,6,18H2,1H3. The van der Waals surface area contributed by atoms with Crippen LogP contribution in [0.1, 0.15) is 31.6 Å². The van der Waals surface area contributed by atoms with Gasteiger partial charge in [0, 0.05) is 12.3 Å². The Bertz CT molecular complexity index is 659. The van der Waals surface area contributed by atoms with E-state index in [1.54, 1.807) is 19.1 Å². The summed E-state index contributed by atoms with van der Waals surface area (Å²) in [5, 5.41) is 0. The van der Waals surface area contributed by atoms with E-state index in [1.165, 1.54) is 10.6 Å². The van der Waals surface area contributed by atoms with Crippen LogP contribution in [0.5, 0.6) is 0 Å². The summed E-state index contributed by atoms with van der Waals surface area (Å²) in [6, 6.07) is 4.20. The molecule has 114 valence electrons. The molecule has 3 rings (SSSR count). The third-order valence-electron chi connectivity index (χ3n) is 3.88. The SMILES string of the molecule is CC(C1CCCO1)n1c(C(F)(F)F)nc2cc(N)ccc21. The molecule has 2 atom stereocenters. The zero-order chi connectivity index (χ0) is 15.2. The summed E-state index contributed by atoms with van der Waals surface area (Å²) in [5.74, 6) is -0.897. The topological polar surface area (TPSA) is 53.1 Å². The number of benzene rings is 1. The molecule has 0 saturated carbocycles. The number of imidazole rings is 1. The Morgan fingerprint density at radius 3 is 2.81 bits per heavy atom. The van der Waals surface area contributed by atoms with Crippen molar-refractivity contribution in [1.29, 1.82) is 0 Å². The molecule has 0 spiro atoms. The number of anilines is 1. The van der Waals surface area contributed by atoms with Crippen molar-refractivity contribution in [3.05, 3.63) is 24.0 Å². The van der Waals surface area contributed by atoms with Crippen LogP contribution < -0.4 is 5.73 Å². The van der Waals surface area contributed by atoms with E-state index in [1.807, 2.05) is 0 Å². The van der Waals surface area contributed by atoms with Crippen molar-refractivity contribution >= 4 is 16.7 Å². The molecular formula is C14H16F3N3O. The molecule has 2 unspecified atom stereocenters. The molecule has 1 aliphatic heterocycles. The van der Waals surface area contributed by atoms with Crippen molar-refractivity contribution in [3.8, 4) is 0 Å². The minimum Gasteiger partial charge on any atom is -0.399 e. The lowest BCUT2D eigenvalue weighted by atomic mass is 10.1. The molecule has 0 radical (unpaired) electrons. The number of alkyl halides is 3. The van der Waals surface area contributed by atoms with E-state index in [4.69, 9.17) is 10.5 Å². The summed E-state index contributed by atoms with van der Waals surface area (Å²) in [4.78, 5) is 3.74. The first-order chi connectivity index (χ1) is 9.88. The van der Waals surface area contributed by atoms with E-state index >= 15 is 0 Å². The first-order valence-corrected chi connectivity index (χ1v) is 6.84. The number of nitrogen functional groups attached to an aromatic ring is 1. The second-order valence-corrected chi connectivity index (χ2v) is 5.34. The maximum atomic E-state index is 13.3. The average Bonchev–Trinajstić information content (AvgIpc) is 3.03. The van der Waals surface area contributed by atoms with Crippen LogP contribution in [0.2, 0.25) is 0 Å². The van der Waals surface area contributed by atoms with Gasteiger partial charge in [0.05, 0.1) is 23.2 Å². The lowest BCUT2D eigenvalue weighted by Crippen LogP contribution is -2.25. The number of hydrogen-bond acceptors (Lipinski definition) is 3. The third kappa shape index (κ3) is 2.46. The van der Waals surface area contributed by atoms with Crippen LogP contribution in [0.15, 0.2) is 18.2 Å². The molecule has 2 N–H and O–H groups in total. The Labute approximate surface area is 119 Å². The molecule has 1 aromatic heterocycles. The fourth-order valence-corrected chi connectivity index (χ4v) is 2.88. The van der Waals surface area contributed by atoms with Gasteiger partial charge >= 0.3 is 6.18 Å². The van der Waals surface area contributed by atoms with Gasteiger partial charge in [-0.3, -0.25) is 0 Å². The monoisotopic (exact) mass is 299 g/mol. The number of rotatable bonds is 2. The van der Waals surface area contributed by atoms with Gasteiger partial charge in [-0.05, 0) is 38.0 Å². The quantitative estimate of drug-likeness (QED) is 0.865. The van der Waals surface area contributed by atoms with E-state index in [0.717, 1.165) is 12.8 Å². The van der Waals surface area contributed by atoms with Crippen molar-refractivity contribution in [2.45, 2.75) is 38.1 Å².